The number of halogens is 1. The molecule has 0 radical (unpaired) electrons. The molecule has 1 aromatic heterocycles. The Morgan fingerprint density at radius 3 is 2.43 bits per heavy atom. The number of hydrogen-bond donors (Lipinski definition) is 2. The first-order valence-electron chi connectivity index (χ1n) is 12.9. The van der Waals surface area contributed by atoms with Gasteiger partial charge in [-0.15, -0.1) is 0 Å². The summed E-state index contributed by atoms with van der Waals surface area (Å²) in [6, 6.07) is 16.7. The first kappa shape index (κ1) is 28.9. The summed E-state index contributed by atoms with van der Waals surface area (Å²) in [6.07, 6.45) is 8.01. The van der Waals surface area contributed by atoms with Crippen molar-refractivity contribution >= 4 is 5.91 Å². The zero-order valence-corrected chi connectivity index (χ0v) is 23.3. The number of quaternary nitrogens is 1. The maximum Gasteiger partial charge on any atom is 0.248 e. The van der Waals surface area contributed by atoms with Crippen LogP contribution in [0.25, 0.3) is 0 Å². The number of primary amides is 1. The molecule has 0 spiro atoms. The second kappa shape index (κ2) is 12.7. The average molecular weight is 573 g/mol. The van der Waals surface area contributed by atoms with Crippen LogP contribution in [0.3, 0.4) is 0 Å². The van der Waals surface area contributed by atoms with Crippen LogP contribution < -0.4 is 27.5 Å². The maximum atomic E-state index is 12.0. The van der Waals surface area contributed by atoms with E-state index in [0.29, 0.717) is 34.8 Å². The number of carbonyl (C=O) groups is 1. The van der Waals surface area contributed by atoms with E-state index >= 15 is 0 Å². The van der Waals surface area contributed by atoms with Crippen molar-refractivity contribution in [2.75, 3.05) is 27.2 Å². The lowest BCUT2D eigenvalue weighted by atomic mass is 9.73. The number of rotatable bonds is 11. The fourth-order valence-electron chi connectivity index (χ4n) is 5.20. The van der Waals surface area contributed by atoms with Gasteiger partial charge in [-0.3, -0.25) is 4.79 Å². The lowest BCUT2D eigenvalue weighted by molar-refractivity contribution is -0.904. The van der Waals surface area contributed by atoms with E-state index in [1.54, 1.807) is 30.5 Å². The summed E-state index contributed by atoms with van der Waals surface area (Å²) < 4.78 is 12.8. The summed E-state index contributed by atoms with van der Waals surface area (Å²) in [4.78, 5) is 15.8. The predicted molar refractivity (Wildman–Crippen MR) is 138 cm³/mol. The van der Waals surface area contributed by atoms with Gasteiger partial charge in [-0.05, 0) is 42.7 Å². The van der Waals surface area contributed by atoms with Crippen molar-refractivity contribution in [1.29, 1.82) is 0 Å². The summed E-state index contributed by atoms with van der Waals surface area (Å²) in [5.74, 6) is 1.53. The van der Waals surface area contributed by atoms with Crippen LogP contribution >= 0.6 is 0 Å². The van der Waals surface area contributed by atoms with Crippen molar-refractivity contribution in [2.24, 2.45) is 11.7 Å². The molecule has 8 heteroatoms. The largest absolute Gasteiger partial charge is 1.00 e. The molecule has 3 aromatic rings. The summed E-state index contributed by atoms with van der Waals surface area (Å²) in [6.45, 7) is 2.10. The molecule has 1 atom stereocenters. The summed E-state index contributed by atoms with van der Waals surface area (Å²) in [7, 11) is 4.29. The monoisotopic (exact) mass is 571 g/mol. The second-order valence-electron chi connectivity index (χ2n) is 10.5. The number of nitrogens with two attached hydrogens (primary N) is 1. The predicted octanol–water partition coefficient (Wildman–Crippen LogP) is 1.64. The fraction of sp³-hybridized carbons (Fsp3) is 0.448. The van der Waals surface area contributed by atoms with E-state index in [0.717, 1.165) is 50.0 Å². The molecule has 0 aliphatic heterocycles. The van der Waals surface area contributed by atoms with E-state index in [4.69, 9.17) is 14.9 Å². The fourth-order valence-corrected chi connectivity index (χ4v) is 5.20. The molecule has 200 valence electrons. The molecule has 0 bridgehead atoms. The van der Waals surface area contributed by atoms with Crippen LogP contribution in [-0.2, 0) is 12.1 Å². The van der Waals surface area contributed by atoms with Gasteiger partial charge >= 0.3 is 0 Å². The van der Waals surface area contributed by atoms with Crippen molar-refractivity contribution in [3.8, 4) is 5.75 Å². The minimum absolute atomic E-state index is 0. The van der Waals surface area contributed by atoms with Crippen LogP contribution in [0.2, 0.25) is 0 Å². The van der Waals surface area contributed by atoms with Crippen LogP contribution in [0.4, 0.5) is 0 Å². The minimum atomic E-state index is -1.21. The molecular weight excluding hydrogens is 534 g/mol. The van der Waals surface area contributed by atoms with E-state index < -0.39 is 11.5 Å². The molecule has 7 nitrogen and oxygen atoms in total. The average Bonchev–Trinajstić information content (AvgIpc) is 3.35. The van der Waals surface area contributed by atoms with Crippen molar-refractivity contribution in [2.45, 2.75) is 50.7 Å². The number of amides is 1. The molecule has 1 saturated carbocycles. The number of benzene rings is 2. The van der Waals surface area contributed by atoms with Gasteiger partial charge in [-0.1, -0.05) is 49.6 Å². The molecule has 0 saturated heterocycles. The molecule has 3 N–H and O–H groups in total. The Hall–Kier alpha value is -2.68. The molecule has 37 heavy (non-hydrogen) atoms. The van der Waals surface area contributed by atoms with Gasteiger partial charge in [0.25, 0.3) is 0 Å². The number of aromatic nitrogens is 1. The summed E-state index contributed by atoms with van der Waals surface area (Å²) >= 11 is 0. The first-order valence-corrected chi connectivity index (χ1v) is 12.9. The Kier molecular flexibility index (Phi) is 9.93. The molecule has 1 heterocycles. The molecule has 1 amide bonds. The van der Waals surface area contributed by atoms with E-state index in [1.807, 2.05) is 30.3 Å². The highest BCUT2D eigenvalue weighted by Crippen LogP contribution is 2.43. The molecule has 1 aliphatic rings. The van der Waals surface area contributed by atoms with Crippen molar-refractivity contribution in [3.05, 3.63) is 83.6 Å². The SMILES string of the molecule is C[N+](C)(CCCOc1ccc(C(N)=O)cc1)Cc1cnc(C(O)(c2ccccc2)C2CCCCC2)o1.[Br-]. The van der Waals surface area contributed by atoms with Gasteiger partial charge in [-0.2, -0.15) is 0 Å². The highest BCUT2D eigenvalue weighted by atomic mass is 79.9. The summed E-state index contributed by atoms with van der Waals surface area (Å²) in [5, 5.41) is 12.0. The van der Waals surface area contributed by atoms with Gasteiger partial charge in [0, 0.05) is 17.9 Å². The van der Waals surface area contributed by atoms with Crippen LogP contribution in [0.15, 0.2) is 65.2 Å². The minimum Gasteiger partial charge on any atom is -1.00 e. The molecule has 1 aliphatic carbocycles. The van der Waals surface area contributed by atoms with Crippen molar-refractivity contribution < 1.29 is 40.5 Å². The smallest absolute Gasteiger partial charge is 0.248 e. The standard InChI is InChI=1S/C29H37N3O4.BrH/c1-32(2,18-9-19-35-25-16-14-22(15-17-25)27(30)33)21-26-20-31-28(36-26)29(34,23-10-5-3-6-11-23)24-12-7-4-8-13-24;/h3,5-6,10-11,14-17,20,24,34H,4,7-9,12-13,18-19,21H2,1-2H3,(H-,30,33);1H. The lowest BCUT2D eigenvalue weighted by Crippen LogP contribution is -3.00. The third kappa shape index (κ3) is 7.21. The number of aliphatic hydroxyl groups is 1. The van der Waals surface area contributed by atoms with Crippen LogP contribution in [0.5, 0.6) is 5.75 Å². The van der Waals surface area contributed by atoms with Crippen LogP contribution in [0.1, 0.15) is 66.1 Å². The number of oxazole rings is 1. The van der Waals surface area contributed by atoms with Gasteiger partial charge in [0.2, 0.25) is 11.8 Å². The zero-order valence-electron chi connectivity index (χ0n) is 21.7. The van der Waals surface area contributed by atoms with Gasteiger partial charge in [0.15, 0.2) is 11.4 Å². The third-order valence-corrected chi connectivity index (χ3v) is 7.19. The van der Waals surface area contributed by atoms with Crippen LogP contribution in [-0.4, -0.2) is 47.7 Å². The van der Waals surface area contributed by atoms with E-state index in [9.17, 15) is 9.90 Å². The molecule has 2 aromatic carbocycles. The second-order valence-corrected chi connectivity index (χ2v) is 10.5. The van der Waals surface area contributed by atoms with Crippen LogP contribution in [0, 0.1) is 5.92 Å². The highest BCUT2D eigenvalue weighted by molar-refractivity contribution is 5.92. The molecule has 1 unspecified atom stereocenters. The lowest BCUT2D eigenvalue weighted by Gasteiger charge is -2.36. The Morgan fingerprint density at radius 2 is 1.78 bits per heavy atom. The summed E-state index contributed by atoms with van der Waals surface area (Å²) in [5.41, 5.74) is 5.38. The molecular formula is C29H38BrN3O4. The van der Waals surface area contributed by atoms with Gasteiger partial charge in [0.05, 0.1) is 33.4 Å². The number of carbonyl (C=O) groups excluding carboxylic acids is 1. The van der Waals surface area contributed by atoms with Gasteiger partial charge in [0.1, 0.15) is 12.3 Å². The Labute approximate surface area is 230 Å². The molecule has 1 fully saturated rings. The molecule has 4 rings (SSSR count). The zero-order chi connectivity index (χ0) is 25.6. The van der Waals surface area contributed by atoms with Crippen molar-refractivity contribution in [3.63, 3.8) is 0 Å². The maximum absolute atomic E-state index is 12.0. The topological polar surface area (TPSA) is 98.6 Å². The van der Waals surface area contributed by atoms with E-state index in [1.165, 1.54) is 6.42 Å². The quantitative estimate of drug-likeness (QED) is 0.269. The Bertz CT molecular complexity index is 1130. The van der Waals surface area contributed by atoms with Gasteiger partial charge < -0.3 is 41.5 Å². The number of ether oxygens (including phenoxy) is 1. The normalized spacial score (nSPS) is 16.0. The van der Waals surface area contributed by atoms with Crippen molar-refractivity contribution in [1.82, 2.24) is 4.98 Å². The first-order chi connectivity index (χ1) is 17.3. The highest BCUT2D eigenvalue weighted by Gasteiger charge is 2.44. The van der Waals surface area contributed by atoms with Gasteiger partial charge in [-0.25, -0.2) is 4.98 Å². The Balaban J connectivity index is 0.00000380. The third-order valence-electron chi connectivity index (χ3n) is 7.19. The van der Waals surface area contributed by atoms with E-state index in [2.05, 4.69) is 19.1 Å². The Morgan fingerprint density at radius 1 is 1.11 bits per heavy atom. The number of hydrogen-bond acceptors (Lipinski definition) is 5. The van der Waals surface area contributed by atoms with E-state index in [-0.39, 0.29) is 22.9 Å². The number of nitrogens with zero attached hydrogens (tertiary/aromatic N) is 2.